The highest BCUT2D eigenvalue weighted by Crippen LogP contribution is 2.38. The van der Waals surface area contributed by atoms with Gasteiger partial charge in [0.1, 0.15) is 0 Å². The molecule has 0 aromatic heterocycles. The average molecular weight is 304 g/mol. The maximum absolute atomic E-state index is 12.0. The van der Waals surface area contributed by atoms with E-state index in [9.17, 15) is 9.90 Å². The Morgan fingerprint density at radius 3 is 2.55 bits per heavy atom. The fourth-order valence-electron chi connectivity index (χ4n) is 3.07. The van der Waals surface area contributed by atoms with Gasteiger partial charge in [-0.2, -0.15) is 0 Å². The van der Waals surface area contributed by atoms with Gasteiger partial charge < -0.3 is 15.7 Å². The first-order valence-electron chi connectivity index (χ1n) is 8.08. The summed E-state index contributed by atoms with van der Waals surface area (Å²) in [5, 5.41) is 15.9. The Bertz CT molecular complexity index is 552. The van der Waals surface area contributed by atoms with E-state index >= 15 is 0 Å². The van der Waals surface area contributed by atoms with Crippen molar-refractivity contribution in [3.05, 3.63) is 29.3 Å². The van der Waals surface area contributed by atoms with Crippen LogP contribution in [0.15, 0.2) is 18.2 Å². The minimum atomic E-state index is -0.487. The highest BCUT2D eigenvalue weighted by molar-refractivity contribution is 6.05. The molecular weight excluding hydrogens is 276 g/mol. The zero-order valence-electron chi connectivity index (χ0n) is 14.2. The maximum atomic E-state index is 12.0. The van der Waals surface area contributed by atoms with Crippen LogP contribution in [0.5, 0.6) is 0 Å². The van der Waals surface area contributed by atoms with Gasteiger partial charge in [-0.25, -0.2) is 0 Å². The van der Waals surface area contributed by atoms with Crippen molar-refractivity contribution < 1.29 is 9.90 Å². The maximum Gasteiger partial charge on any atom is 0.234 e. The van der Waals surface area contributed by atoms with Crippen molar-refractivity contribution in [3.63, 3.8) is 0 Å². The molecule has 0 fully saturated rings. The second kappa shape index (κ2) is 6.39. The number of anilines is 1. The van der Waals surface area contributed by atoms with Gasteiger partial charge in [-0.05, 0) is 50.3 Å². The summed E-state index contributed by atoms with van der Waals surface area (Å²) in [6.07, 6.45) is 0.942. The minimum absolute atomic E-state index is 0.0494. The average Bonchev–Trinajstić information content (AvgIpc) is 2.67. The Morgan fingerprint density at radius 1 is 1.27 bits per heavy atom. The summed E-state index contributed by atoms with van der Waals surface area (Å²) in [5.41, 5.74) is 2.62. The van der Waals surface area contributed by atoms with Gasteiger partial charge >= 0.3 is 0 Å². The molecule has 1 aromatic carbocycles. The molecular formula is C18H28N2O2. The predicted octanol–water partition coefficient (Wildman–Crippen LogP) is 2.97. The molecule has 0 aliphatic carbocycles. The van der Waals surface area contributed by atoms with Crippen molar-refractivity contribution in [2.24, 2.45) is 5.92 Å². The number of hydrogen-bond donors (Lipinski definition) is 3. The van der Waals surface area contributed by atoms with E-state index in [1.807, 2.05) is 26.0 Å². The molecule has 0 saturated carbocycles. The van der Waals surface area contributed by atoms with Crippen molar-refractivity contribution in [3.8, 4) is 0 Å². The first-order chi connectivity index (χ1) is 10.3. The third-order valence-corrected chi connectivity index (χ3v) is 4.49. The highest BCUT2D eigenvalue weighted by atomic mass is 16.3. The summed E-state index contributed by atoms with van der Waals surface area (Å²) in [6, 6.07) is 6.35. The lowest BCUT2D eigenvalue weighted by Gasteiger charge is -2.24. The van der Waals surface area contributed by atoms with Gasteiger partial charge in [0.05, 0.1) is 12.0 Å². The number of fused-ring (bicyclic) bond motifs is 1. The van der Waals surface area contributed by atoms with Crippen LogP contribution in [0.4, 0.5) is 5.69 Å². The monoisotopic (exact) mass is 304 g/mol. The molecule has 3 N–H and O–H groups in total. The Labute approximate surface area is 133 Å². The van der Waals surface area contributed by atoms with Crippen LogP contribution in [0.25, 0.3) is 0 Å². The number of nitrogens with one attached hydrogen (secondary N) is 2. The Kier molecular flexibility index (Phi) is 4.93. The Hall–Kier alpha value is -1.39. The zero-order valence-corrected chi connectivity index (χ0v) is 14.2. The van der Waals surface area contributed by atoms with Crippen molar-refractivity contribution in [2.75, 3.05) is 11.9 Å². The lowest BCUT2D eigenvalue weighted by molar-refractivity contribution is -0.119. The molecule has 0 radical (unpaired) electrons. The van der Waals surface area contributed by atoms with E-state index in [4.69, 9.17) is 0 Å². The minimum Gasteiger partial charge on any atom is -0.395 e. The molecule has 4 heteroatoms. The number of amides is 1. The smallest absolute Gasteiger partial charge is 0.234 e. The van der Waals surface area contributed by atoms with Gasteiger partial charge in [0.25, 0.3) is 0 Å². The summed E-state index contributed by atoms with van der Waals surface area (Å²) < 4.78 is 0. The van der Waals surface area contributed by atoms with Crippen LogP contribution in [-0.2, 0) is 10.2 Å². The normalized spacial score (nSPS) is 19.0. The van der Waals surface area contributed by atoms with Crippen LogP contribution in [0, 0.1) is 5.92 Å². The van der Waals surface area contributed by atoms with E-state index in [1.165, 1.54) is 0 Å². The summed E-state index contributed by atoms with van der Waals surface area (Å²) in [5.74, 6) is 0.589. The number of aliphatic hydroxyl groups is 1. The van der Waals surface area contributed by atoms with Gasteiger partial charge in [-0.15, -0.1) is 0 Å². The molecule has 1 heterocycles. The first-order valence-corrected chi connectivity index (χ1v) is 8.08. The van der Waals surface area contributed by atoms with Crippen molar-refractivity contribution in [1.82, 2.24) is 5.32 Å². The van der Waals surface area contributed by atoms with Crippen LogP contribution in [0.1, 0.15) is 58.2 Å². The molecule has 0 spiro atoms. The first kappa shape index (κ1) is 17.0. The van der Waals surface area contributed by atoms with Crippen LogP contribution in [0.3, 0.4) is 0 Å². The molecule has 1 aliphatic rings. The Balaban J connectivity index is 2.17. The quantitative estimate of drug-likeness (QED) is 0.757. The molecule has 2 atom stereocenters. The van der Waals surface area contributed by atoms with Gasteiger partial charge in [0.2, 0.25) is 5.91 Å². The van der Waals surface area contributed by atoms with E-state index < -0.39 is 5.41 Å². The molecule has 1 amide bonds. The molecule has 2 rings (SSSR count). The molecule has 122 valence electrons. The van der Waals surface area contributed by atoms with E-state index in [1.54, 1.807) is 0 Å². The van der Waals surface area contributed by atoms with Gasteiger partial charge in [0.15, 0.2) is 0 Å². The second-order valence-corrected chi connectivity index (χ2v) is 7.28. The van der Waals surface area contributed by atoms with Crippen LogP contribution in [0.2, 0.25) is 0 Å². The fraction of sp³-hybridized carbons (Fsp3) is 0.611. The van der Waals surface area contributed by atoms with Crippen molar-refractivity contribution >= 4 is 11.6 Å². The van der Waals surface area contributed by atoms with E-state index in [-0.39, 0.29) is 24.6 Å². The SMILES string of the molecule is CC(C)CC(CO)NC(C)c1ccc2c(c1)C(C)(C)C(=O)N2. The standard InChI is InChI=1S/C18H28N2O2/c1-11(2)8-14(10-21)19-12(3)13-6-7-16-15(9-13)18(4,5)17(22)20-16/h6-7,9,11-12,14,19,21H,8,10H2,1-5H3,(H,20,22). The molecule has 1 aromatic rings. The summed E-state index contributed by atoms with van der Waals surface area (Å²) in [7, 11) is 0. The molecule has 0 saturated heterocycles. The topological polar surface area (TPSA) is 61.4 Å². The van der Waals surface area contributed by atoms with Crippen LogP contribution >= 0.6 is 0 Å². The number of rotatable bonds is 6. The third kappa shape index (κ3) is 3.33. The highest BCUT2D eigenvalue weighted by Gasteiger charge is 2.38. The number of carbonyl (C=O) groups is 1. The number of aliphatic hydroxyl groups excluding tert-OH is 1. The van der Waals surface area contributed by atoms with E-state index in [2.05, 4.69) is 37.5 Å². The number of hydrogen-bond acceptors (Lipinski definition) is 3. The van der Waals surface area contributed by atoms with Gasteiger partial charge in [-0.3, -0.25) is 4.79 Å². The molecule has 0 bridgehead atoms. The zero-order chi connectivity index (χ0) is 16.5. The molecule has 22 heavy (non-hydrogen) atoms. The lowest BCUT2D eigenvalue weighted by Crippen LogP contribution is -2.35. The summed E-state index contributed by atoms with van der Waals surface area (Å²) in [4.78, 5) is 12.0. The lowest BCUT2D eigenvalue weighted by atomic mass is 9.85. The summed E-state index contributed by atoms with van der Waals surface area (Å²) in [6.45, 7) is 10.5. The fourth-order valence-corrected chi connectivity index (χ4v) is 3.07. The molecule has 4 nitrogen and oxygen atoms in total. The van der Waals surface area contributed by atoms with Gasteiger partial charge in [-0.1, -0.05) is 26.0 Å². The molecule has 1 aliphatic heterocycles. The van der Waals surface area contributed by atoms with Gasteiger partial charge in [0, 0.05) is 17.8 Å². The third-order valence-electron chi connectivity index (χ3n) is 4.49. The van der Waals surface area contributed by atoms with E-state index in [0.29, 0.717) is 5.92 Å². The Morgan fingerprint density at radius 2 is 1.95 bits per heavy atom. The predicted molar refractivity (Wildman–Crippen MR) is 90.0 cm³/mol. The van der Waals surface area contributed by atoms with Crippen LogP contribution in [-0.4, -0.2) is 23.7 Å². The number of carbonyl (C=O) groups excluding carboxylic acids is 1. The summed E-state index contributed by atoms with van der Waals surface area (Å²) >= 11 is 0. The second-order valence-electron chi connectivity index (χ2n) is 7.28. The number of benzene rings is 1. The van der Waals surface area contributed by atoms with Crippen molar-refractivity contribution in [2.45, 2.75) is 58.5 Å². The largest absolute Gasteiger partial charge is 0.395 e. The van der Waals surface area contributed by atoms with Crippen molar-refractivity contribution in [1.29, 1.82) is 0 Å². The van der Waals surface area contributed by atoms with E-state index in [0.717, 1.165) is 23.2 Å². The van der Waals surface area contributed by atoms with Crippen LogP contribution < -0.4 is 10.6 Å². The molecule has 2 unspecified atom stereocenters.